The Labute approximate surface area is 508 Å². The number of aromatic nitrogens is 13. The topological polar surface area (TPSA) is 312 Å². The number of piperidine rings is 3. The minimum Gasteiger partial charge on any atom is -0.366 e. The minimum absolute atomic E-state index is 0.0441. The molecule has 88 heavy (non-hydrogen) atoms. The number of nitrogens with one attached hydrogen (secondary N) is 3. The molecule has 3 N–H and O–H groups in total. The molecule has 3 saturated heterocycles. The maximum atomic E-state index is 13.5. The summed E-state index contributed by atoms with van der Waals surface area (Å²) in [5.41, 5.74) is 6.12. The van der Waals surface area contributed by atoms with Gasteiger partial charge in [0.05, 0.1) is 87.8 Å². The van der Waals surface area contributed by atoms with Crippen molar-refractivity contribution in [1.29, 1.82) is 15.8 Å². The smallest absolute Gasteiger partial charge is 0.256 e. The van der Waals surface area contributed by atoms with Crippen LogP contribution in [0.2, 0.25) is 0 Å². The van der Waals surface area contributed by atoms with E-state index in [1.165, 1.54) is 20.7 Å². The summed E-state index contributed by atoms with van der Waals surface area (Å²) in [5.74, 6) is 1.83. The van der Waals surface area contributed by atoms with Crippen LogP contribution in [-0.4, -0.2) is 153 Å². The van der Waals surface area contributed by atoms with Crippen molar-refractivity contribution in [1.82, 2.24) is 79.8 Å². The fourth-order valence-corrected chi connectivity index (χ4v) is 11.0. The van der Waals surface area contributed by atoms with Crippen LogP contribution in [0, 0.1) is 40.9 Å². The number of amides is 3. The molecule has 0 saturated carbocycles. The zero-order valence-electron chi connectivity index (χ0n) is 49.0. The van der Waals surface area contributed by atoms with Crippen molar-refractivity contribution in [2.45, 2.75) is 102 Å². The van der Waals surface area contributed by atoms with Gasteiger partial charge < -0.3 is 30.7 Å². The van der Waals surface area contributed by atoms with Crippen molar-refractivity contribution < 1.29 is 14.4 Å². The molecule has 3 amide bonds. The number of para-hydroxylation sites is 3. The molecule has 3 fully saturated rings. The second-order valence-corrected chi connectivity index (χ2v) is 21.6. The molecule has 0 bridgehead atoms. The summed E-state index contributed by atoms with van der Waals surface area (Å²) >= 11 is 0. The van der Waals surface area contributed by atoms with Crippen LogP contribution in [-0.2, 0) is 0 Å². The average molecular weight is 1180 g/mol. The van der Waals surface area contributed by atoms with Crippen LogP contribution in [0.15, 0.2) is 153 Å². The number of pyridine rings is 3. The van der Waals surface area contributed by atoms with Crippen LogP contribution in [0.3, 0.4) is 0 Å². The van der Waals surface area contributed by atoms with E-state index in [0.717, 1.165) is 44.1 Å². The minimum atomic E-state index is -0.0735. The molecule has 9 aromatic rings. The van der Waals surface area contributed by atoms with E-state index in [1.54, 1.807) is 85.8 Å². The van der Waals surface area contributed by atoms with Crippen LogP contribution >= 0.6 is 0 Å². The second kappa shape index (κ2) is 28.1. The maximum Gasteiger partial charge on any atom is 0.256 e. The van der Waals surface area contributed by atoms with Crippen molar-refractivity contribution in [3.05, 3.63) is 192 Å². The molecular formula is C63H64N22O3. The number of hydrogen-bond acceptors (Lipinski definition) is 19. The average Bonchev–Trinajstić information content (AvgIpc) is 2.34. The Morgan fingerprint density at radius 1 is 0.466 bits per heavy atom. The summed E-state index contributed by atoms with van der Waals surface area (Å²) < 4.78 is 0. The molecule has 3 aliphatic rings. The predicted molar refractivity (Wildman–Crippen MR) is 325 cm³/mol. The number of carbonyl (C=O) groups is 3. The Bertz CT molecular complexity index is 3820. The first-order valence-electron chi connectivity index (χ1n) is 28.9. The Morgan fingerprint density at radius 2 is 0.864 bits per heavy atom. The zero-order valence-corrected chi connectivity index (χ0v) is 49.0. The Balaban J connectivity index is 0.000000146. The first-order valence-corrected chi connectivity index (χ1v) is 28.9. The summed E-state index contributed by atoms with van der Waals surface area (Å²) in [6.07, 6.45) is 17.9. The summed E-state index contributed by atoms with van der Waals surface area (Å²) in [6.45, 7) is 9.73. The van der Waals surface area contributed by atoms with Crippen LogP contribution in [0.4, 0.5) is 17.5 Å². The number of nitriles is 3. The van der Waals surface area contributed by atoms with Crippen molar-refractivity contribution >= 4 is 35.2 Å². The number of benzene rings is 3. The fourth-order valence-electron chi connectivity index (χ4n) is 11.0. The van der Waals surface area contributed by atoms with Gasteiger partial charge in [0.25, 0.3) is 17.7 Å². The SMILES string of the molecule is C[C@@H]1CC[C@@H](Nc2cc(C#N)ccn2)CN1C(=O)c1ccccc1-n1nccn1.C[C@@H]1CC[C@@H](Nc2cc(C#N)ccn2)CN1C(=O)c1ccccc1-n1ncnn1.Cc1c(C#N)ccnc1N[C@@H]1CC[C@@H](C)N(C(=O)c2ccccc2-n2nccn2)C1. The normalized spacial score (nSPS) is 18.8. The van der Waals surface area contributed by atoms with Gasteiger partial charge in [-0.3, -0.25) is 14.4 Å². The molecule has 6 aromatic heterocycles. The van der Waals surface area contributed by atoms with Gasteiger partial charge >= 0.3 is 0 Å². The lowest BCUT2D eigenvalue weighted by molar-refractivity contribution is 0.0613. The molecule has 0 radical (unpaired) electrons. The van der Waals surface area contributed by atoms with Gasteiger partial charge in [-0.1, -0.05) is 36.4 Å². The molecule has 25 nitrogen and oxygen atoms in total. The highest BCUT2D eigenvalue weighted by molar-refractivity contribution is 5.99. The third kappa shape index (κ3) is 14.1. The first-order chi connectivity index (χ1) is 42.9. The van der Waals surface area contributed by atoms with Crippen LogP contribution in [0.5, 0.6) is 0 Å². The lowest BCUT2D eigenvalue weighted by atomic mass is 9.97. The van der Waals surface area contributed by atoms with Crippen LogP contribution in [0.25, 0.3) is 17.1 Å². The number of anilines is 3. The van der Waals surface area contributed by atoms with E-state index >= 15 is 0 Å². The van der Waals surface area contributed by atoms with E-state index in [9.17, 15) is 19.6 Å². The Kier molecular flexibility index (Phi) is 19.1. The van der Waals surface area contributed by atoms with E-state index in [4.69, 9.17) is 10.5 Å². The summed E-state index contributed by atoms with van der Waals surface area (Å²) in [5, 5.41) is 66.0. The van der Waals surface area contributed by atoms with Gasteiger partial charge in [-0.2, -0.15) is 45.8 Å². The van der Waals surface area contributed by atoms with Crippen LogP contribution < -0.4 is 16.0 Å². The Morgan fingerprint density at radius 3 is 1.26 bits per heavy atom. The maximum absolute atomic E-state index is 13.5. The Hall–Kier alpha value is -11.3. The van der Waals surface area contributed by atoms with Crippen molar-refractivity contribution in [2.75, 3.05) is 35.6 Å². The van der Waals surface area contributed by atoms with Crippen molar-refractivity contribution in [2.24, 2.45) is 0 Å². The summed E-state index contributed by atoms with van der Waals surface area (Å²) in [7, 11) is 0. The number of carbonyl (C=O) groups excluding carboxylic acids is 3. The molecule has 25 heteroatoms. The van der Waals surface area contributed by atoms with E-state index in [1.807, 2.05) is 82.3 Å². The van der Waals surface area contributed by atoms with E-state index < -0.39 is 0 Å². The highest BCUT2D eigenvalue weighted by Crippen LogP contribution is 2.29. The van der Waals surface area contributed by atoms with Gasteiger partial charge in [0, 0.05) is 80.0 Å². The molecule has 0 spiro atoms. The van der Waals surface area contributed by atoms with Crippen molar-refractivity contribution in [3.63, 3.8) is 0 Å². The molecule has 444 valence electrons. The van der Waals surface area contributed by atoms with Gasteiger partial charge in [-0.25, -0.2) is 15.0 Å². The van der Waals surface area contributed by atoms with E-state index in [-0.39, 0.29) is 54.0 Å². The highest BCUT2D eigenvalue weighted by Gasteiger charge is 2.34. The molecule has 6 atom stereocenters. The fraction of sp³-hybridized carbons (Fsp3) is 0.302. The number of tetrazole rings is 1. The van der Waals surface area contributed by atoms with E-state index in [2.05, 4.69) is 106 Å². The molecular weight excluding hydrogens is 1110 g/mol. The lowest BCUT2D eigenvalue weighted by Crippen LogP contribution is -2.50. The number of likely N-dealkylation sites (tertiary alicyclic amines) is 3. The molecule has 0 aliphatic carbocycles. The van der Waals surface area contributed by atoms with Gasteiger partial charge in [0.1, 0.15) is 23.1 Å². The number of rotatable bonds is 12. The number of hydrogen-bond donors (Lipinski definition) is 3. The largest absolute Gasteiger partial charge is 0.366 e. The lowest BCUT2D eigenvalue weighted by Gasteiger charge is -2.39. The molecule has 3 aliphatic heterocycles. The van der Waals surface area contributed by atoms with Gasteiger partial charge in [0.15, 0.2) is 6.33 Å². The second-order valence-electron chi connectivity index (χ2n) is 21.6. The molecule has 3 aromatic carbocycles. The highest BCUT2D eigenvalue weighted by atomic mass is 16.2. The van der Waals surface area contributed by atoms with Gasteiger partial charge in [-0.05, 0) is 138 Å². The van der Waals surface area contributed by atoms with Crippen molar-refractivity contribution in [3.8, 4) is 35.3 Å². The standard InChI is InChI=1S/C22H23N7O.C21H21N7O.C20H20N8O/c1-15-7-8-18(27-21-16(2)17(13-23)9-10-24-21)14-28(15)22(30)19-5-3-4-6-20(19)29-25-11-12-26-29;1-15-6-7-17(26-20-12-16(13-22)8-9-23-20)14-27(15)21(29)18-4-2-3-5-19(18)28-24-10-11-25-28;1-14-6-7-16(25-19-10-15(11-21)8-9-22-19)12-27(14)20(29)17-4-2-3-5-18(17)28-24-13-23-26-28/h3-6,9-12,15,18H,7-8,14H2,1-2H3,(H,24,27);2-5,8-12,15,17H,6-7,14H2,1H3,(H,23,26);2-5,8-10,13-14,16H,6-7,12H2,1H3,(H,22,25)/t15-,18-;15-,17-;14-,16-/m111/s1. The summed E-state index contributed by atoms with van der Waals surface area (Å²) in [4.78, 5) is 63.1. The molecule has 9 heterocycles. The summed E-state index contributed by atoms with van der Waals surface area (Å²) in [6, 6.07) is 37.4. The van der Waals surface area contributed by atoms with Crippen LogP contribution in [0.1, 0.15) is 113 Å². The predicted octanol–water partition coefficient (Wildman–Crippen LogP) is 7.62. The quantitative estimate of drug-likeness (QED) is 0.106. The third-order valence-corrected chi connectivity index (χ3v) is 15.8. The first kappa shape index (κ1) is 59.9. The molecule has 0 unspecified atom stereocenters. The zero-order chi connectivity index (χ0) is 61.5. The van der Waals surface area contributed by atoms with Gasteiger partial charge in [-0.15, -0.1) is 15.0 Å². The van der Waals surface area contributed by atoms with Gasteiger partial charge in [0.2, 0.25) is 0 Å². The number of nitrogens with zero attached hydrogens (tertiary/aromatic N) is 19. The molecule has 12 rings (SSSR count). The third-order valence-electron chi connectivity index (χ3n) is 15.8. The monoisotopic (exact) mass is 1180 g/mol. The van der Waals surface area contributed by atoms with E-state index in [0.29, 0.717) is 87.5 Å².